The minimum Gasteiger partial charge on any atom is -0.479 e. The minimum absolute atomic E-state index is 0.137. The fraction of sp³-hybridized carbons (Fsp3) is 0.0588. The van der Waals surface area contributed by atoms with Crippen LogP contribution in [0.2, 0.25) is 0 Å². The summed E-state index contributed by atoms with van der Waals surface area (Å²) in [4.78, 5) is 15.9. The van der Waals surface area contributed by atoms with Gasteiger partial charge in [-0.3, -0.25) is 20.7 Å². The minimum atomic E-state index is -0.656. The van der Waals surface area contributed by atoms with Crippen molar-refractivity contribution in [2.75, 3.05) is 12.5 Å². The Balaban J connectivity index is 1.66. The second-order valence-electron chi connectivity index (χ2n) is 5.15. The number of H-pyrrole nitrogens is 1. The van der Waals surface area contributed by atoms with Gasteiger partial charge in [0.1, 0.15) is 5.69 Å². The maximum absolute atomic E-state index is 13.6. The molecule has 2 heterocycles. The van der Waals surface area contributed by atoms with Gasteiger partial charge in [-0.25, -0.2) is 9.37 Å². The number of rotatable bonds is 5. The standard InChI is InChI=1S/C17H13FN6O2/c1-26-17-13(18)6-12(9-20-17)21-24-16(25)15-7-14(22-23-15)11-4-2-10(8-19)3-5-11/h2-7,9,21H,1H3,(H,22,23)(H,24,25). The van der Waals surface area contributed by atoms with Crippen LogP contribution in [-0.2, 0) is 0 Å². The maximum Gasteiger partial charge on any atom is 0.287 e. The Morgan fingerprint density at radius 2 is 2.08 bits per heavy atom. The van der Waals surface area contributed by atoms with E-state index in [2.05, 4.69) is 26.0 Å². The van der Waals surface area contributed by atoms with Crippen LogP contribution in [-0.4, -0.2) is 28.2 Å². The van der Waals surface area contributed by atoms with Crippen molar-refractivity contribution in [2.45, 2.75) is 0 Å². The molecule has 0 aliphatic heterocycles. The van der Waals surface area contributed by atoms with Crippen molar-refractivity contribution in [3.8, 4) is 23.2 Å². The van der Waals surface area contributed by atoms with Gasteiger partial charge in [0.25, 0.3) is 5.91 Å². The third kappa shape index (κ3) is 3.59. The molecule has 0 saturated carbocycles. The summed E-state index contributed by atoms with van der Waals surface area (Å²) in [5, 5.41) is 15.5. The van der Waals surface area contributed by atoms with Gasteiger partial charge in [0.15, 0.2) is 5.82 Å². The van der Waals surface area contributed by atoms with Crippen molar-refractivity contribution in [1.82, 2.24) is 20.6 Å². The monoisotopic (exact) mass is 352 g/mol. The first-order valence-corrected chi connectivity index (χ1v) is 7.42. The molecule has 0 aliphatic rings. The number of pyridine rings is 1. The third-order valence-electron chi connectivity index (χ3n) is 3.45. The number of hydrazine groups is 1. The molecular weight excluding hydrogens is 339 g/mol. The molecule has 3 N–H and O–H groups in total. The summed E-state index contributed by atoms with van der Waals surface area (Å²) in [6.07, 6.45) is 1.32. The van der Waals surface area contributed by atoms with Crippen molar-refractivity contribution in [3.05, 3.63) is 59.7 Å². The van der Waals surface area contributed by atoms with Crippen molar-refractivity contribution in [1.29, 1.82) is 5.26 Å². The molecule has 0 aliphatic carbocycles. The van der Waals surface area contributed by atoms with Gasteiger partial charge in [-0.1, -0.05) is 12.1 Å². The van der Waals surface area contributed by atoms with E-state index >= 15 is 0 Å². The molecule has 0 fully saturated rings. The number of methoxy groups -OCH3 is 1. The topological polar surface area (TPSA) is 116 Å². The number of nitrogens with zero attached hydrogens (tertiary/aromatic N) is 3. The second-order valence-corrected chi connectivity index (χ2v) is 5.15. The van der Waals surface area contributed by atoms with Gasteiger partial charge in [0, 0.05) is 11.6 Å². The highest BCUT2D eigenvalue weighted by Crippen LogP contribution is 2.19. The molecule has 2 aromatic heterocycles. The molecule has 3 rings (SSSR count). The first-order chi connectivity index (χ1) is 12.6. The van der Waals surface area contributed by atoms with Crippen molar-refractivity contribution in [2.24, 2.45) is 0 Å². The van der Waals surface area contributed by atoms with Crippen LogP contribution in [0, 0.1) is 17.1 Å². The first-order valence-electron chi connectivity index (χ1n) is 7.42. The van der Waals surface area contributed by atoms with Crippen LogP contribution in [0.15, 0.2) is 42.6 Å². The van der Waals surface area contributed by atoms with E-state index in [1.807, 2.05) is 6.07 Å². The van der Waals surface area contributed by atoms with Gasteiger partial charge in [0.05, 0.1) is 36.3 Å². The van der Waals surface area contributed by atoms with Crippen LogP contribution in [0.25, 0.3) is 11.3 Å². The maximum atomic E-state index is 13.6. The molecular formula is C17H13FN6O2. The Kier molecular flexibility index (Phi) is 4.76. The van der Waals surface area contributed by atoms with Gasteiger partial charge in [-0.15, -0.1) is 0 Å². The largest absolute Gasteiger partial charge is 0.479 e. The number of benzene rings is 1. The molecule has 8 nitrogen and oxygen atoms in total. The molecule has 0 atom stereocenters. The zero-order valence-electron chi connectivity index (χ0n) is 13.6. The lowest BCUT2D eigenvalue weighted by Crippen LogP contribution is -2.29. The number of ether oxygens (including phenoxy) is 1. The highest BCUT2D eigenvalue weighted by Gasteiger charge is 2.12. The molecule has 0 bridgehead atoms. The zero-order chi connectivity index (χ0) is 18.5. The number of nitrogens with one attached hydrogen (secondary N) is 3. The van der Waals surface area contributed by atoms with E-state index in [1.54, 1.807) is 30.3 Å². The van der Waals surface area contributed by atoms with Crippen LogP contribution in [0.3, 0.4) is 0 Å². The predicted molar refractivity (Wildman–Crippen MR) is 90.6 cm³/mol. The molecule has 3 aromatic rings. The van der Waals surface area contributed by atoms with E-state index in [4.69, 9.17) is 10.00 Å². The molecule has 9 heteroatoms. The second kappa shape index (κ2) is 7.31. The molecule has 0 saturated heterocycles. The molecule has 1 aromatic carbocycles. The molecule has 0 radical (unpaired) electrons. The number of amides is 1. The Labute approximate surface area is 147 Å². The lowest BCUT2D eigenvalue weighted by atomic mass is 10.1. The van der Waals surface area contributed by atoms with Crippen LogP contribution in [0.1, 0.15) is 16.1 Å². The average molecular weight is 352 g/mol. The lowest BCUT2D eigenvalue weighted by molar-refractivity contribution is 0.0957. The van der Waals surface area contributed by atoms with Gasteiger partial charge >= 0.3 is 0 Å². The number of carbonyl (C=O) groups excluding carboxylic acids is 1. The SMILES string of the molecule is COc1ncc(NNC(=O)c2cc(-c3ccc(C#N)cc3)n[nH]2)cc1F. The van der Waals surface area contributed by atoms with Gasteiger partial charge in [-0.05, 0) is 18.2 Å². The average Bonchev–Trinajstić information content (AvgIpc) is 3.16. The van der Waals surface area contributed by atoms with Crippen molar-refractivity contribution >= 4 is 11.6 Å². The number of aromatic nitrogens is 3. The number of carbonyl (C=O) groups is 1. The van der Waals surface area contributed by atoms with Gasteiger partial charge in [-0.2, -0.15) is 10.4 Å². The highest BCUT2D eigenvalue weighted by atomic mass is 19.1. The fourth-order valence-electron chi connectivity index (χ4n) is 2.14. The quantitative estimate of drug-likeness (QED) is 0.607. The molecule has 0 unspecified atom stereocenters. The van der Waals surface area contributed by atoms with Crippen LogP contribution < -0.4 is 15.6 Å². The molecule has 1 amide bonds. The number of aromatic amines is 1. The van der Waals surface area contributed by atoms with Gasteiger partial charge < -0.3 is 4.74 Å². The van der Waals surface area contributed by atoms with Crippen LogP contribution in [0.5, 0.6) is 5.88 Å². The Bertz CT molecular complexity index is 978. The smallest absolute Gasteiger partial charge is 0.287 e. The summed E-state index contributed by atoms with van der Waals surface area (Å²) < 4.78 is 18.3. The van der Waals surface area contributed by atoms with Crippen LogP contribution in [0.4, 0.5) is 10.1 Å². The summed E-state index contributed by atoms with van der Waals surface area (Å²) in [5.74, 6) is -1.28. The summed E-state index contributed by atoms with van der Waals surface area (Å²) >= 11 is 0. The van der Waals surface area contributed by atoms with Crippen LogP contribution >= 0.6 is 0 Å². The molecule has 26 heavy (non-hydrogen) atoms. The summed E-state index contributed by atoms with van der Waals surface area (Å²) in [5.41, 5.74) is 7.28. The number of nitriles is 1. The predicted octanol–water partition coefficient (Wildman–Crippen LogP) is 2.25. The summed E-state index contributed by atoms with van der Waals surface area (Å²) in [7, 11) is 1.31. The van der Waals surface area contributed by atoms with E-state index < -0.39 is 11.7 Å². The van der Waals surface area contributed by atoms with E-state index in [1.165, 1.54) is 13.3 Å². The first kappa shape index (κ1) is 16.9. The Morgan fingerprint density at radius 1 is 1.31 bits per heavy atom. The molecule has 0 spiro atoms. The fourth-order valence-corrected chi connectivity index (χ4v) is 2.14. The molecule has 130 valence electrons. The van der Waals surface area contributed by atoms with Gasteiger partial charge in [0.2, 0.25) is 5.88 Å². The summed E-state index contributed by atoms with van der Waals surface area (Å²) in [6.45, 7) is 0. The number of hydrogen-bond donors (Lipinski definition) is 3. The normalized spacial score (nSPS) is 10.0. The zero-order valence-corrected chi connectivity index (χ0v) is 13.6. The Morgan fingerprint density at radius 3 is 2.73 bits per heavy atom. The van der Waals surface area contributed by atoms with E-state index in [9.17, 15) is 9.18 Å². The third-order valence-corrected chi connectivity index (χ3v) is 3.45. The summed E-state index contributed by atoms with van der Waals surface area (Å²) in [6, 6.07) is 11.5. The Hall–Kier alpha value is -3.93. The highest BCUT2D eigenvalue weighted by molar-refractivity contribution is 5.94. The lowest BCUT2D eigenvalue weighted by Gasteiger charge is -2.08. The number of anilines is 1. The van der Waals surface area contributed by atoms with Crippen molar-refractivity contribution < 1.29 is 13.9 Å². The van der Waals surface area contributed by atoms with E-state index in [0.717, 1.165) is 11.6 Å². The number of hydrogen-bond acceptors (Lipinski definition) is 6. The number of halogens is 1. The van der Waals surface area contributed by atoms with E-state index in [-0.39, 0.29) is 17.3 Å². The van der Waals surface area contributed by atoms with E-state index in [0.29, 0.717) is 11.3 Å². The van der Waals surface area contributed by atoms with Crippen molar-refractivity contribution in [3.63, 3.8) is 0 Å².